The van der Waals surface area contributed by atoms with Crippen molar-refractivity contribution in [1.82, 2.24) is 9.88 Å². The van der Waals surface area contributed by atoms with Gasteiger partial charge in [0.2, 0.25) is 0 Å². The Morgan fingerprint density at radius 2 is 1.86 bits per heavy atom. The molecule has 1 N–H and O–H groups in total. The molecule has 1 aliphatic heterocycles. The molecule has 5 heteroatoms. The summed E-state index contributed by atoms with van der Waals surface area (Å²) in [5, 5.41) is 3.32. The van der Waals surface area contributed by atoms with Gasteiger partial charge < -0.3 is 15.1 Å². The summed E-state index contributed by atoms with van der Waals surface area (Å²) in [5.41, 5.74) is 4.59. The molecule has 3 rings (SSSR count). The first-order chi connectivity index (χ1) is 13.6. The number of rotatable bonds is 7. The largest absolute Gasteiger partial charge is 0.370 e. The van der Waals surface area contributed by atoms with Crippen LogP contribution < -0.4 is 10.2 Å². The van der Waals surface area contributed by atoms with Crippen molar-refractivity contribution in [3.63, 3.8) is 0 Å². The molecule has 1 aromatic carbocycles. The minimum atomic E-state index is 0.0747. The number of nitrogens with one attached hydrogen (secondary N) is 1. The molecule has 1 aliphatic rings. The second-order valence-corrected chi connectivity index (χ2v) is 7.56. The maximum Gasteiger partial charge on any atom is 0.255 e. The first kappa shape index (κ1) is 20.2. The van der Waals surface area contributed by atoms with Crippen LogP contribution in [-0.4, -0.2) is 48.5 Å². The zero-order chi connectivity index (χ0) is 19.9. The molecule has 150 valence electrons. The van der Waals surface area contributed by atoms with Crippen molar-refractivity contribution < 1.29 is 4.79 Å². The third kappa shape index (κ3) is 4.83. The average molecular weight is 381 g/mol. The lowest BCUT2D eigenvalue weighted by Gasteiger charge is -2.37. The van der Waals surface area contributed by atoms with E-state index in [0.29, 0.717) is 5.56 Å². The Morgan fingerprint density at radius 3 is 2.54 bits per heavy atom. The van der Waals surface area contributed by atoms with Gasteiger partial charge in [0.05, 0.1) is 5.56 Å². The first-order valence-corrected chi connectivity index (χ1v) is 10.4. The fourth-order valence-electron chi connectivity index (χ4n) is 3.63. The number of carbonyl (C=O) groups is 1. The van der Waals surface area contributed by atoms with E-state index in [2.05, 4.69) is 54.2 Å². The van der Waals surface area contributed by atoms with Crippen LogP contribution in [0.25, 0.3) is 0 Å². The Hall–Kier alpha value is -2.56. The van der Waals surface area contributed by atoms with Crippen LogP contribution in [0, 0.1) is 13.8 Å². The monoisotopic (exact) mass is 380 g/mol. The Labute approximate surface area is 168 Å². The number of hydrogen-bond acceptors (Lipinski definition) is 4. The van der Waals surface area contributed by atoms with Gasteiger partial charge in [-0.2, -0.15) is 0 Å². The van der Waals surface area contributed by atoms with Crippen LogP contribution in [-0.2, 0) is 0 Å². The topological polar surface area (TPSA) is 48.5 Å². The lowest BCUT2D eigenvalue weighted by molar-refractivity contribution is 0.0746. The summed E-state index contributed by atoms with van der Waals surface area (Å²) in [6.07, 6.45) is 5.27. The molecule has 2 aromatic rings. The molecule has 5 nitrogen and oxygen atoms in total. The van der Waals surface area contributed by atoms with Crippen molar-refractivity contribution >= 4 is 17.4 Å². The highest BCUT2D eigenvalue weighted by molar-refractivity contribution is 5.94. The summed E-state index contributed by atoms with van der Waals surface area (Å²) < 4.78 is 0. The third-order valence-electron chi connectivity index (χ3n) is 5.58. The fraction of sp³-hybridized carbons (Fsp3) is 0.478. The van der Waals surface area contributed by atoms with E-state index in [9.17, 15) is 4.79 Å². The summed E-state index contributed by atoms with van der Waals surface area (Å²) >= 11 is 0. The van der Waals surface area contributed by atoms with E-state index >= 15 is 0 Å². The highest BCUT2D eigenvalue weighted by Crippen LogP contribution is 2.24. The number of nitrogens with zero attached hydrogens (tertiary/aromatic N) is 3. The number of anilines is 2. The molecule has 28 heavy (non-hydrogen) atoms. The standard InChI is InChI=1S/C23H32N4O/c1-4-5-6-12-24-22-11-10-20(17-25-22)23(28)27-15-13-26(14-16-27)21-9-7-8-18(2)19(21)3/h7-11,17H,4-6,12-16H2,1-3H3,(H,24,25). The van der Waals surface area contributed by atoms with Crippen LogP contribution in [0.1, 0.15) is 47.7 Å². The van der Waals surface area contributed by atoms with E-state index in [4.69, 9.17) is 0 Å². The molecular weight excluding hydrogens is 348 g/mol. The van der Waals surface area contributed by atoms with Crippen LogP contribution in [0.15, 0.2) is 36.5 Å². The van der Waals surface area contributed by atoms with Gasteiger partial charge in [-0.3, -0.25) is 4.79 Å². The third-order valence-corrected chi connectivity index (χ3v) is 5.58. The summed E-state index contributed by atoms with van der Waals surface area (Å²) in [6, 6.07) is 10.2. The number of amides is 1. The van der Waals surface area contributed by atoms with E-state index in [0.717, 1.165) is 45.0 Å². The number of benzene rings is 1. The number of carbonyl (C=O) groups excluding carboxylic acids is 1. The van der Waals surface area contributed by atoms with Crippen molar-refractivity contribution in [2.45, 2.75) is 40.0 Å². The molecule has 1 amide bonds. The van der Waals surface area contributed by atoms with Gasteiger partial charge in [-0.05, 0) is 49.6 Å². The van der Waals surface area contributed by atoms with Gasteiger partial charge in [-0.15, -0.1) is 0 Å². The second-order valence-electron chi connectivity index (χ2n) is 7.56. The summed E-state index contributed by atoms with van der Waals surface area (Å²) in [4.78, 5) is 21.5. The van der Waals surface area contributed by atoms with E-state index in [1.165, 1.54) is 29.7 Å². The van der Waals surface area contributed by atoms with Crippen LogP contribution in [0.4, 0.5) is 11.5 Å². The second kappa shape index (κ2) is 9.58. The molecule has 0 unspecified atom stereocenters. The van der Waals surface area contributed by atoms with E-state index in [1.807, 2.05) is 17.0 Å². The van der Waals surface area contributed by atoms with Gasteiger partial charge in [0.1, 0.15) is 5.82 Å². The molecule has 1 aromatic heterocycles. The van der Waals surface area contributed by atoms with Gasteiger partial charge >= 0.3 is 0 Å². The average Bonchev–Trinajstić information content (AvgIpc) is 2.73. The molecular formula is C23H32N4O. The molecule has 0 saturated carbocycles. The molecule has 1 fully saturated rings. The van der Waals surface area contributed by atoms with Crippen LogP contribution in [0.5, 0.6) is 0 Å². The van der Waals surface area contributed by atoms with Gasteiger partial charge in [-0.25, -0.2) is 4.98 Å². The Kier molecular flexibility index (Phi) is 6.90. The maximum atomic E-state index is 12.8. The SMILES string of the molecule is CCCCCNc1ccc(C(=O)N2CCN(c3cccc(C)c3C)CC2)cn1. The summed E-state index contributed by atoms with van der Waals surface area (Å²) in [7, 11) is 0. The van der Waals surface area contributed by atoms with Crippen molar-refractivity contribution in [3.8, 4) is 0 Å². The Balaban J connectivity index is 1.54. The molecule has 0 bridgehead atoms. The van der Waals surface area contributed by atoms with E-state index in [-0.39, 0.29) is 5.91 Å². The minimum absolute atomic E-state index is 0.0747. The molecule has 0 radical (unpaired) electrons. The predicted octanol–water partition coefficient (Wildman–Crippen LogP) is 4.26. The lowest BCUT2D eigenvalue weighted by Crippen LogP contribution is -2.49. The normalized spacial score (nSPS) is 14.2. The number of piperazine rings is 1. The molecule has 0 spiro atoms. The molecule has 0 atom stereocenters. The van der Waals surface area contributed by atoms with Crippen molar-refractivity contribution in [3.05, 3.63) is 53.2 Å². The predicted molar refractivity (Wildman–Crippen MR) is 116 cm³/mol. The molecule has 1 saturated heterocycles. The maximum absolute atomic E-state index is 12.8. The van der Waals surface area contributed by atoms with Crippen LogP contribution in [0.3, 0.4) is 0 Å². The van der Waals surface area contributed by atoms with Gasteiger partial charge in [0.15, 0.2) is 0 Å². The highest BCUT2D eigenvalue weighted by atomic mass is 16.2. The van der Waals surface area contributed by atoms with Crippen molar-refractivity contribution in [2.75, 3.05) is 42.9 Å². The Morgan fingerprint density at radius 1 is 1.07 bits per heavy atom. The summed E-state index contributed by atoms with van der Waals surface area (Å²) in [6.45, 7) is 10.6. The quantitative estimate of drug-likeness (QED) is 0.729. The highest BCUT2D eigenvalue weighted by Gasteiger charge is 2.23. The number of unbranched alkanes of at least 4 members (excludes halogenated alkanes) is 2. The smallest absolute Gasteiger partial charge is 0.255 e. The summed E-state index contributed by atoms with van der Waals surface area (Å²) in [5.74, 6) is 0.915. The van der Waals surface area contributed by atoms with E-state index in [1.54, 1.807) is 6.20 Å². The Bertz CT molecular complexity index is 780. The van der Waals surface area contributed by atoms with E-state index < -0.39 is 0 Å². The van der Waals surface area contributed by atoms with Crippen molar-refractivity contribution in [1.29, 1.82) is 0 Å². The van der Waals surface area contributed by atoms with Gasteiger partial charge in [0.25, 0.3) is 5.91 Å². The van der Waals surface area contributed by atoms with Gasteiger partial charge in [-0.1, -0.05) is 31.9 Å². The number of pyridine rings is 1. The lowest BCUT2D eigenvalue weighted by atomic mass is 10.1. The van der Waals surface area contributed by atoms with Crippen molar-refractivity contribution in [2.24, 2.45) is 0 Å². The zero-order valence-corrected chi connectivity index (χ0v) is 17.4. The number of hydrogen-bond donors (Lipinski definition) is 1. The van der Waals surface area contributed by atoms with Crippen LogP contribution >= 0.6 is 0 Å². The number of aromatic nitrogens is 1. The van der Waals surface area contributed by atoms with Gasteiger partial charge in [0, 0.05) is 44.6 Å². The zero-order valence-electron chi connectivity index (χ0n) is 17.4. The minimum Gasteiger partial charge on any atom is -0.370 e. The first-order valence-electron chi connectivity index (χ1n) is 10.4. The molecule has 2 heterocycles. The van der Waals surface area contributed by atoms with Crippen LogP contribution in [0.2, 0.25) is 0 Å². The number of aryl methyl sites for hydroxylation is 1. The fourth-order valence-corrected chi connectivity index (χ4v) is 3.63. The molecule has 0 aliphatic carbocycles.